The maximum Gasteiger partial charge on any atom is 0.252 e. The number of aliphatic hydroxyl groups is 1. The minimum Gasteiger partial charge on any atom is -0.396 e. The van der Waals surface area contributed by atoms with E-state index in [2.05, 4.69) is 5.32 Å². The molecule has 4 nitrogen and oxygen atoms in total. The zero-order valence-corrected chi connectivity index (χ0v) is 11.0. The van der Waals surface area contributed by atoms with Gasteiger partial charge in [-0.1, -0.05) is 32.0 Å². The van der Waals surface area contributed by atoms with E-state index in [1.54, 1.807) is 24.3 Å². The van der Waals surface area contributed by atoms with Crippen molar-refractivity contribution in [3.05, 3.63) is 35.4 Å². The molecule has 0 saturated heterocycles. The summed E-state index contributed by atoms with van der Waals surface area (Å²) >= 11 is 0. The Labute approximate surface area is 107 Å². The first-order valence-corrected chi connectivity index (χ1v) is 5.86. The highest BCUT2D eigenvalue weighted by molar-refractivity contribution is 6.07. The maximum atomic E-state index is 12.0. The summed E-state index contributed by atoms with van der Waals surface area (Å²) in [6.45, 7) is 5.48. The van der Waals surface area contributed by atoms with E-state index in [4.69, 9.17) is 5.11 Å². The van der Waals surface area contributed by atoms with Crippen molar-refractivity contribution in [1.29, 1.82) is 0 Å². The summed E-state index contributed by atoms with van der Waals surface area (Å²) in [6.07, 6.45) is 0. The number of benzene rings is 1. The molecule has 0 aliphatic rings. The molecule has 0 bridgehead atoms. The molecule has 1 aromatic carbocycles. The van der Waals surface area contributed by atoms with Crippen molar-refractivity contribution in [3.63, 3.8) is 0 Å². The number of ketones is 1. The molecular weight excluding hydrogens is 230 g/mol. The fourth-order valence-electron chi connectivity index (χ4n) is 1.46. The molecule has 0 radical (unpaired) electrons. The maximum absolute atomic E-state index is 12.0. The minimum atomic E-state index is -0.374. The number of rotatable bonds is 5. The zero-order chi connectivity index (χ0) is 13.8. The summed E-state index contributed by atoms with van der Waals surface area (Å²) in [5.74, 6) is -0.426. The third-order valence-electron chi connectivity index (χ3n) is 2.71. The average molecular weight is 249 g/mol. The molecule has 0 aliphatic heterocycles. The Balaban J connectivity index is 2.82. The van der Waals surface area contributed by atoms with Gasteiger partial charge in [-0.15, -0.1) is 0 Å². The lowest BCUT2D eigenvalue weighted by atomic mass is 9.94. The number of hydrogen-bond acceptors (Lipinski definition) is 3. The van der Waals surface area contributed by atoms with Gasteiger partial charge in [-0.05, 0) is 13.0 Å². The number of aliphatic hydroxyl groups excluding tert-OH is 1. The summed E-state index contributed by atoms with van der Waals surface area (Å²) in [6, 6.07) is 6.70. The van der Waals surface area contributed by atoms with E-state index in [0.29, 0.717) is 17.7 Å². The average Bonchev–Trinajstić information content (AvgIpc) is 2.36. The van der Waals surface area contributed by atoms with E-state index in [9.17, 15) is 9.59 Å². The molecule has 1 rings (SSSR count). The monoisotopic (exact) mass is 249 g/mol. The molecule has 1 aromatic rings. The second kappa shape index (κ2) is 5.78. The van der Waals surface area contributed by atoms with Crippen LogP contribution in [0, 0.1) is 5.41 Å². The smallest absolute Gasteiger partial charge is 0.252 e. The third kappa shape index (κ3) is 3.67. The molecule has 0 atom stereocenters. The molecular formula is C14H19NO3. The number of hydrogen-bond donors (Lipinski definition) is 2. The van der Waals surface area contributed by atoms with Gasteiger partial charge in [-0.25, -0.2) is 0 Å². The molecule has 4 heteroatoms. The normalized spacial score (nSPS) is 11.1. The lowest BCUT2D eigenvalue weighted by molar-refractivity contribution is 0.0901. The van der Waals surface area contributed by atoms with E-state index < -0.39 is 0 Å². The van der Waals surface area contributed by atoms with Crippen LogP contribution in [-0.4, -0.2) is 29.9 Å². The highest BCUT2D eigenvalue weighted by atomic mass is 16.3. The van der Waals surface area contributed by atoms with Crippen molar-refractivity contribution in [2.45, 2.75) is 20.8 Å². The molecule has 98 valence electrons. The van der Waals surface area contributed by atoms with E-state index >= 15 is 0 Å². The standard InChI is InChI=1S/C14H19NO3/c1-10(17)11-6-4-5-7-12(11)13(18)15-8-14(2,3)9-16/h4-7,16H,8-9H2,1-3H3,(H,15,18). The van der Waals surface area contributed by atoms with Crippen LogP contribution in [0.2, 0.25) is 0 Å². The van der Waals surface area contributed by atoms with Gasteiger partial charge in [-0.3, -0.25) is 9.59 Å². The molecule has 0 saturated carbocycles. The minimum absolute atomic E-state index is 0.0123. The largest absolute Gasteiger partial charge is 0.396 e. The molecule has 0 fully saturated rings. The topological polar surface area (TPSA) is 66.4 Å². The summed E-state index contributed by atoms with van der Waals surface area (Å²) in [5, 5.41) is 11.8. The Morgan fingerprint density at radius 2 is 1.78 bits per heavy atom. The van der Waals surface area contributed by atoms with E-state index in [0.717, 1.165) is 0 Å². The summed E-state index contributed by atoms with van der Waals surface area (Å²) in [5.41, 5.74) is 0.413. The van der Waals surface area contributed by atoms with Crippen molar-refractivity contribution in [3.8, 4) is 0 Å². The highest BCUT2D eigenvalue weighted by Gasteiger charge is 2.19. The van der Waals surface area contributed by atoms with Gasteiger partial charge in [0.1, 0.15) is 0 Å². The Morgan fingerprint density at radius 1 is 1.22 bits per heavy atom. The van der Waals surface area contributed by atoms with Crippen LogP contribution in [0.3, 0.4) is 0 Å². The first-order valence-electron chi connectivity index (χ1n) is 5.86. The summed E-state index contributed by atoms with van der Waals surface area (Å²) in [7, 11) is 0. The van der Waals surface area contributed by atoms with E-state index in [1.165, 1.54) is 6.92 Å². The van der Waals surface area contributed by atoms with Crippen LogP contribution in [-0.2, 0) is 0 Å². The number of carbonyl (C=O) groups is 2. The quantitative estimate of drug-likeness (QED) is 0.779. The Bertz CT molecular complexity index is 452. The van der Waals surface area contributed by atoms with Gasteiger partial charge in [0.25, 0.3) is 5.91 Å². The lowest BCUT2D eigenvalue weighted by Crippen LogP contribution is -2.36. The first-order chi connectivity index (χ1) is 8.37. The van der Waals surface area contributed by atoms with Gasteiger partial charge in [-0.2, -0.15) is 0 Å². The van der Waals surface area contributed by atoms with Crippen molar-refractivity contribution in [2.24, 2.45) is 5.41 Å². The Kier molecular flexibility index (Phi) is 4.62. The van der Waals surface area contributed by atoms with Crippen LogP contribution >= 0.6 is 0 Å². The molecule has 18 heavy (non-hydrogen) atoms. The Morgan fingerprint density at radius 3 is 2.28 bits per heavy atom. The van der Waals surface area contributed by atoms with Crippen LogP contribution in [0.4, 0.5) is 0 Å². The second-order valence-electron chi connectivity index (χ2n) is 5.11. The van der Waals surface area contributed by atoms with Crippen molar-refractivity contribution < 1.29 is 14.7 Å². The van der Waals surface area contributed by atoms with Crippen molar-refractivity contribution in [1.82, 2.24) is 5.32 Å². The number of nitrogens with one attached hydrogen (secondary N) is 1. The van der Waals surface area contributed by atoms with Crippen molar-refractivity contribution in [2.75, 3.05) is 13.2 Å². The fourth-order valence-corrected chi connectivity index (χ4v) is 1.46. The summed E-state index contributed by atoms with van der Waals surface area (Å²) < 4.78 is 0. The zero-order valence-electron chi connectivity index (χ0n) is 11.0. The summed E-state index contributed by atoms with van der Waals surface area (Å²) in [4.78, 5) is 23.4. The van der Waals surface area contributed by atoms with Gasteiger partial charge < -0.3 is 10.4 Å². The van der Waals surface area contributed by atoms with Crippen LogP contribution in [0.1, 0.15) is 41.5 Å². The van der Waals surface area contributed by atoms with E-state index in [-0.39, 0.29) is 23.7 Å². The third-order valence-corrected chi connectivity index (χ3v) is 2.71. The van der Waals surface area contributed by atoms with Gasteiger partial charge in [0, 0.05) is 24.1 Å². The molecule has 2 N–H and O–H groups in total. The second-order valence-corrected chi connectivity index (χ2v) is 5.11. The van der Waals surface area contributed by atoms with Gasteiger partial charge in [0.05, 0.1) is 5.56 Å². The van der Waals surface area contributed by atoms with Crippen molar-refractivity contribution >= 4 is 11.7 Å². The van der Waals surface area contributed by atoms with Crippen LogP contribution < -0.4 is 5.32 Å². The van der Waals surface area contributed by atoms with Crippen LogP contribution in [0.25, 0.3) is 0 Å². The van der Waals surface area contributed by atoms with Gasteiger partial charge >= 0.3 is 0 Å². The van der Waals surface area contributed by atoms with Crippen LogP contribution in [0.15, 0.2) is 24.3 Å². The number of amides is 1. The van der Waals surface area contributed by atoms with Gasteiger partial charge in [0.15, 0.2) is 5.78 Å². The molecule has 0 spiro atoms. The fraction of sp³-hybridized carbons (Fsp3) is 0.429. The molecule has 0 heterocycles. The first kappa shape index (κ1) is 14.4. The Hall–Kier alpha value is -1.68. The SMILES string of the molecule is CC(=O)c1ccccc1C(=O)NCC(C)(C)CO. The van der Waals surface area contributed by atoms with Gasteiger partial charge in [0.2, 0.25) is 0 Å². The number of carbonyl (C=O) groups excluding carboxylic acids is 2. The molecule has 1 amide bonds. The predicted octanol–water partition coefficient (Wildman–Crippen LogP) is 1.64. The predicted molar refractivity (Wildman–Crippen MR) is 69.6 cm³/mol. The van der Waals surface area contributed by atoms with E-state index in [1.807, 2.05) is 13.8 Å². The highest BCUT2D eigenvalue weighted by Crippen LogP contribution is 2.13. The number of Topliss-reactive ketones (excluding diaryl/α,β-unsaturated/α-hetero) is 1. The molecule has 0 aliphatic carbocycles. The molecule has 0 aromatic heterocycles. The molecule has 0 unspecified atom stereocenters. The lowest BCUT2D eigenvalue weighted by Gasteiger charge is -2.22. The van der Waals surface area contributed by atoms with Crippen LogP contribution in [0.5, 0.6) is 0 Å².